The molecule has 0 aliphatic heterocycles. The zero-order valence-corrected chi connectivity index (χ0v) is 10.3. The number of hydrogen-bond donors (Lipinski definition) is 0. The normalized spacial score (nSPS) is 10.9. The number of aryl methyl sites for hydroxylation is 1. The lowest BCUT2D eigenvalue weighted by atomic mass is 10.3. The highest BCUT2D eigenvalue weighted by molar-refractivity contribution is 7.17. The number of non-ortho nitro benzene ring substituents is 1. The average Bonchev–Trinajstić information content (AvgIpc) is 2.94. The van der Waals surface area contributed by atoms with E-state index < -0.39 is 4.92 Å². The molecule has 5 nitrogen and oxygen atoms in total. The maximum absolute atomic E-state index is 10.6. The van der Waals surface area contributed by atoms with Gasteiger partial charge in [-0.1, -0.05) is 0 Å². The Morgan fingerprint density at radius 3 is 2.67 bits per heavy atom. The van der Waals surface area contributed by atoms with Gasteiger partial charge in [-0.3, -0.25) is 10.1 Å². The van der Waals surface area contributed by atoms with Gasteiger partial charge in [-0.05, 0) is 30.5 Å². The van der Waals surface area contributed by atoms with Crippen molar-refractivity contribution >= 4 is 27.2 Å². The van der Waals surface area contributed by atoms with Crippen molar-refractivity contribution in [1.29, 1.82) is 0 Å². The van der Waals surface area contributed by atoms with E-state index in [9.17, 15) is 10.1 Å². The van der Waals surface area contributed by atoms with E-state index in [-0.39, 0.29) is 5.69 Å². The highest BCUT2D eigenvalue weighted by Gasteiger charge is 2.11. The molecule has 2 aromatic heterocycles. The zero-order chi connectivity index (χ0) is 12.7. The summed E-state index contributed by atoms with van der Waals surface area (Å²) in [5.74, 6) is 0. The summed E-state index contributed by atoms with van der Waals surface area (Å²) in [6.45, 7) is 1.96. The molecule has 0 aliphatic carbocycles. The fraction of sp³-hybridized carbons (Fsp3) is 0.0833. The number of nitrogens with zero attached hydrogens (tertiary/aromatic N) is 3. The Labute approximate surface area is 106 Å². The van der Waals surface area contributed by atoms with Crippen LogP contribution >= 0.6 is 11.3 Å². The number of hydrogen-bond acceptors (Lipinski definition) is 4. The monoisotopic (exact) mass is 259 g/mol. The molecule has 0 atom stereocenters. The van der Waals surface area contributed by atoms with Gasteiger partial charge in [-0.15, -0.1) is 11.3 Å². The highest BCUT2D eigenvalue weighted by atomic mass is 32.1. The third-order valence-corrected chi connectivity index (χ3v) is 3.77. The van der Waals surface area contributed by atoms with E-state index in [4.69, 9.17) is 0 Å². The second kappa shape index (κ2) is 3.92. The van der Waals surface area contributed by atoms with Gasteiger partial charge in [0.25, 0.3) is 5.69 Å². The number of thiophene rings is 1. The van der Waals surface area contributed by atoms with Gasteiger partial charge >= 0.3 is 0 Å². The molecule has 6 heteroatoms. The number of rotatable bonds is 2. The molecule has 18 heavy (non-hydrogen) atoms. The number of aromatic nitrogens is 2. The van der Waals surface area contributed by atoms with E-state index in [1.165, 1.54) is 12.1 Å². The van der Waals surface area contributed by atoms with Crippen LogP contribution in [0.2, 0.25) is 0 Å². The molecule has 3 rings (SSSR count). The van der Waals surface area contributed by atoms with E-state index >= 15 is 0 Å². The standard InChI is InChI=1S/C12H9N3O2S/c1-8-12-11(6-7-18-12)14(13-8)9-2-4-10(5-3-9)15(16)17/h2-7H,1H3. The summed E-state index contributed by atoms with van der Waals surface area (Å²) < 4.78 is 2.96. The molecule has 0 radical (unpaired) electrons. The van der Waals surface area contributed by atoms with Crippen molar-refractivity contribution in [2.45, 2.75) is 6.92 Å². The van der Waals surface area contributed by atoms with E-state index in [1.807, 2.05) is 23.1 Å². The molecule has 0 amide bonds. The molecule has 0 fully saturated rings. The summed E-state index contributed by atoms with van der Waals surface area (Å²) in [6.07, 6.45) is 0. The molecule has 0 aliphatic rings. The van der Waals surface area contributed by atoms with Crippen molar-refractivity contribution in [3.63, 3.8) is 0 Å². The number of nitro benzene ring substituents is 1. The van der Waals surface area contributed by atoms with Crippen molar-refractivity contribution in [2.75, 3.05) is 0 Å². The van der Waals surface area contributed by atoms with Crippen molar-refractivity contribution < 1.29 is 4.92 Å². The van der Waals surface area contributed by atoms with Crippen LogP contribution in [0.3, 0.4) is 0 Å². The van der Waals surface area contributed by atoms with Gasteiger partial charge in [-0.2, -0.15) is 5.10 Å². The van der Waals surface area contributed by atoms with Crippen LogP contribution in [-0.2, 0) is 0 Å². The first-order valence-electron chi connectivity index (χ1n) is 5.34. The van der Waals surface area contributed by atoms with Crippen LogP contribution in [0.5, 0.6) is 0 Å². The van der Waals surface area contributed by atoms with Gasteiger partial charge in [0.1, 0.15) is 0 Å². The Hall–Kier alpha value is -2.21. The Kier molecular flexibility index (Phi) is 2.38. The Morgan fingerprint density at radius 1 is 1.28 bits per heavy atom. The second-order valence-electron chi connectivity index (χ2n) is 3.91. The van der Waals surface area contributed by atoms with Gasteiger partial charge in [0.2, 0.25) is 0 Å². The van der Waals surface area contributed by atoms with Gasteiger partial charge in [0.15, 0.2) is 0 Å². The molecular weight excluding hydrogens is 250 g/mol. The van der Waals surface area contributed by atoms with Crippen LogP contribution < -0.4 is 0 Å². The van der Waals surface area contributed by atoms with Crippen LogP contribution in [0.25, 0.3) is 15.9 Å². The number of nitro groups is 1. The minimum atomic E-state index is -0.404. The van der Waals surface area contributed by atoms with Crippen molar-refractivity contribution in [1.82, 2.24) is 9.78 Å². The third-order valence-electron chi connectivity index (χ3n) is 2.76. The van der Waals surface area contributed by atoms with Crippen LogP contribution in [0, 0.1) is 17.0 Å². The summed E-state index contributed by atoms with van der Waals surface area (Å²) in [6, 6.07) is 8.40. The largest absolute Gasteiger partial charge is 0.269 e. The molecular formula is C12H9N3O2S. The molecule has 0 saturated carbocycles. The first kappa shape index (κ1) is 10.9. The maximum Gasteiger partial charge on any atom is 0.269 e. The van der Waals surface area contributed by atoms with Crippen molar-refractivity contribution in [3.8, 4) is 5.69 Å². The van der Waals surface area contributed by atoms with Crippen molar-refractivity contribution in [2.24, 2.45) is 0 Å². The lowest BCUT2D eigenvalue weighted by Crippen LogP contribution is -1.96. The third kappa shape index (κ3) is 1.58. The first-order chi connectivity index (χ1) is 8.66. The fourth-order valence-corrected chi connectivity index (χ4v) is 2.72. The summed E-state index contributed by atoms with van der Waals surface area (Å²) >= 11 is 1.65. The summed E-state index contributed by atoms with van der Waals surface area (Å²) in [7, 11) is 0. The molecule has 0 saturated heterocycles. The summed E-state index contributed by atoms with van der Waals surface area (Å²) in [5.41, 5.74) is 2.92. The molecule has 3 aromatic rings. The lowest BCUT2D eigenvalue weighted by molar-refractivity contribution is -0.384. The second-order valence-corrected chi connectivity index (χ2v) is 4.82. The van der Waals surface area contributed by atoms with E-state index in [2.05, 4.69) is 5.10 Å². The SMILES string of the molecule is Cc1nn(-c2ccc([N+](=O)[O-])cc2)c2ccsc12. The van der Waals surface area contributed by atoms with E-state index in [1.54, 1.807) is 23.5 Å². The quantitative estimate of drug-likeness (QED) is 0.524. The fourth-order valence-electron chi connectivity index (χ4n) is 1.90. The van der Waals surface area contributed by atoms with Gasteiger partial charge in [0, 0.05) is 12.1 Å². The van der Waals surface area contributed by atoms with Crippen LogP contribution in [-0.4, -0.2) is 14.7 Å². The van der Waals surface area contributed by atoms with E-state index in [0.29, 0.717) is 0 Å². The van der Waals surface area contributed by atoms with Gasteiger partial charge in [0.05, 0.1) is 26.5 Å². The Bertz CT molecular complexity index is 727. The maximum atomic E-state index is 10.6. The Balaban J connectivity index is 2.14. The lowest BCUT2D eigenvalue weighted by Gasteiger charge is -2.01. The summed E-state index contributed by atoms with van der Waals surface area (Å²) in [5, 5.41) is 17.1. The molecule has 2 heterocycles. The molecule has 90 valence electrons. The van der Waals surface area contributed by atoms with E-state index in [0.717, 1.165) is 21.6 Å². The smallest absolute Gasteiger partial charge is 0.258 e. The summed E-state index contributed by atoms with van der Waals surface area (Å²) in [4.78, 5) is 10.2. The molecule has 1 aromatic carbocycles. The molecule has 0 spiro atoms. The minimum absolute atomic E-state index is 0.0872. The van der Waals surface area contributed by atoms with Gasteiger partial charge < -0.3 is 0 Å². The predicted molar refractivity (Wildman–Crippen MR) is 70.3 cm³/mol. The average molecular weight is 259 g/mol. The topological polar surface area (TPSA) is 61.0 Å². The molecule has 0 unspecified atom stereocenters. The first-order valence-corrected chi connectivity index (χ1v) is 6.22. The Morgan fingerprint density at radius 2 is 2.00 bits per heavy atom. The number of fused-ring (bicyclic) bond motifs is 1. The van der Waals surface area contributed by atoms with Gasteiger partial charge in [-0.25, -0.2) is 4.68 Å². The van der Waals surface area contributed by atoms with Crippen molar-refractivity contribution in [3.05, 3.63) is 51.5 Å². The van der Waals surface area contributed by atoms with Crippen LogP contribution in [0.4, 0.5) is 5.69 Å². The highest BCUT2D eigenvalue weighted by Crippen LogP contribution is 2.27. The van der Waals surface area contributed by atoms with Crippen LogP contribution in [0.1, 0.15) is 5.69 Å². The molecule has 0 bridgehead atoms. The number of benzene rings is 1. The zero-order valence-electron chi connectivity index (χ0n) is 9.53. The predicted octanol–water partition coefficient (Wildman–Crippen LogP) is 3.30. The molecule has 0 N–H and O–H groups in total. The van der Waals surface area contributed by atoms with Crippen LogP contribution in [0.15, 0.2) is 35.7 Å². The minimum Gasteiger partial charge on any atom is -0.258 e.